The van der Waals surface area contributed by atoms with E-state index in [2.05, 4.69) is 4.98 Å². The molecule has 1 amide bonds. The number of piperidine rings is 1. The summed E-state index contributed by atoms with van der Waals surface area (Å²) in [5, 5.41) is 2.37. The first kappa shape index (κ1) is 17.5. The molecule has 2 aromatic rings. The lowest BCUT2D eigenvalue weighted by atomic mass is 9.98. The van der Waals surface area contributed by atoms with Crippen LogP contribution in [0.3, 0.4) is 0 Å². The van der Waals surface area contributed by atoms with E-state index in [1.807, 2.05) is 0 Å². The maximum Gasteiger partial charge on any atom is 0.310 e. The van der Waals surface area contributed by atoms with E-state index < -0.39 is 0 Å². The minimum Gasteiger partial charge on any atom is -0.466 e. The largest absolute Gasteiger partial charge is 0.466 e. The van der Waals surface area contributed by atoms with Crippen LogP contribution in [-0.4, -0.2) is 41.5 Å². The van der Waals surface area contributed by atoms with Crippen LogP contribution in [0.25, 0.3) is 10.6 Å². The highest BCUT2D eigenvalue weighted by Gasteiger charge is 2.30. The molecule has 0 spiro atoms. The summed E-state index contributed by atoms with van der Waals surface area (Å²) in [5.41, 5.74) is 1.13. The van der Waals surface area contributed by atoms with Crippen molar-refractivity contribution in [2.75, 3.05) is 19.7 Å². The van der Waals surface area contributed by atoms with Crippen molar-refractivity contribution in [2.45, 2.75) is 19.8 Å². The second kappa shape index (κ2) is 7.74. The van der Waals surface area contributed by atoms with Gasteiger partial charge in [-0.3, -0.25) is 9.59 Å². The number of nitrogens with zero attached hydrogens (tertiary/aromatic N) is 2. The van der Waals surface area contributed by atoms with Crippen molar-refractivity contribution in [2.24, 2.45) is 5.92 Å². The fraction of sp³-hybridized carbons (Fsp3) is 0.389. The van der Waals surface area contributed by atoms with E-state index in [9.17, 15) is 14.0 Å². The third-order valence-electron chi connectivity index (χ3n) is 4.14. The Morgan fingerprint density at radius 1 is 1.36 bits per heavy atom. The molecule has 5 nitrogen and oxygen atoms in total. The van der Waals surface area contributed by atoms with Crippen LogP contribution in [0, 0.1) is 11.7 Å². The molecule has 7 heteroatoms. The van der Waals surface area contributed by atoms with E-state index in [0.717, 1.165) is 18.4 Å². The number of amides is 1. The number of carbonyl (C=O) groups excluding carboxylic acids is 2. The Bertz CT molecular complexity index is 760. The standard InChI is InChI=1S/C18H19FN2O3S/c1-2-24-18(23)13-4-3-9-21(10-13)17(22)15-11-25-16(20-15)12-5-7-14(19)8-6-12/h5-8,11,13H,2-4,9-10H2,1H3. The molecule has 132 valence electrons. The average molecular weight is 362 g/mol. The van der Waals surface area contributed by atoms with Crippen LogP contribution in [0.5, 0.6) is 0 Å². The second-order valence-electron chi connectivity index (χ2n) is 5.89. The third-order valence-corrected chi connectivity index (χ3v) is 5.03. The highest BCUT2D eigenvalue weighted by molar-refractivity contribution is 7.13. The maximum atomic E-state index is 13.0. The van der Waals surface area contributed by atoms with Crippen molar-refractivity contribution in [1.82, 2.24) is 9.88 Å². The zero-order valence-corrected chi connectivity index (χ0v) is 14.7. The zero-order chi connectivity index (χ0) is 17.8. The predicted molar refractivity (Wildman–Crippen MR) is 92.8 cm³/mol. The number of esters is 1. The molecule has 1 saturated heterocycles. The van der Waals surface area contributed by atoms with Gasteiger partial charge in [-0.2, -0.15) is 0 Å². The lowest BCUT2D eigenvalue weighted by Crippen LogP contribution is -2.42. The minimum atomic E-state index is -0.310. The summed E-state index contributed by atoms with van der Waals surface area (Å²) in [6.07, 6.45) is 1.50. The van der Waals surface area contributed by atoms with Gasteiger partial charge in [0.05, 0.1) is 12.5 Å². The van der Waals surface area contributed by atoms with Crippen LogP contribution in [0.1, 0.15) is 30.3 Å². The molecule has 2 heterocycles. The van der Waals surface area contributed by atoms with Crippen LogP contribution in [0.4, 0.5) is 4.39 Å². The van der Waals surface area contributed by atoms with Crippen molar-refractivity contribution < 1.29 is 18.7 Å². The Balaban J connectivity index is 1.70. The monoisotopic (exact) mass is 362 g/mol. The average Bonchev–Trinajstić information content (AvgIpc) is 3.12. The summed E-state index contributed by atoms with van der Waals surface area (Å²) in [7, 11) is 0. The van der Waals surface area contributed by atoms with Crippen LogP contribution in [0.2, 0.25) is 0 Å². The molecule has 1 atom stereocenters. The molecule has 1 unspecified atom stereocenters. The first-order valence-corrected chi connectivity index (χ1v) is 9.14. The SMILES string of the molecule is CCOC(=O)C1CCCN(C(=O)c2csc(-c3ccc(F)cc3)n2)C1. The van der Waals surface area contributed by atoms with Crippen molar-refractivity contribution >= 4 is 23.2 Å². The van der Waals surface area contributed by atoms with Crippen molar-refractivity contribution in [1.29, 1.82) is 0 Å². The topological polar surface area (TPSA) is 59.5 Å². The summed E-state index contributed by atoms with van der Waals surface area (Å²) in [6.45, 7) is 3.09. The number of likely N-dealkylation sites (tertiary alicyclic amines) is 1. The van der Waals surface area contributed by atoms with Gasteiger partial charge in [-0.05, 0) is 44.0 Å². The second-order valence-corrected chi connectivity index (χ2v) is 6.75. The fourth-order valence-corrected chi connectivity index (χ4v) is 3.67. The molecular formula is C18H19FN2O3S. The number of aromatic nitrogens is 1. The molecular weight excluding hydrogens is 343 g/mol. The number of benzene rings is 1. The van der Waals surface area contributed by atoms with Crippen molar-refractivity contribution in [3.05, 3.63) is 41.2 Å². The lowest BCUT2D eigenvalue weighted by molar-refractivity contribution is -0.149. The molecule has 0 N–H and O–H groups in total. The van der Waals surface area contributed by atoms with E-state index in [-0.39, 0.29) is 23.6 Å². The summed E-state index contributed by atoms with van der Waals surface area (Å²) in [5.74, 6) is -1.01. The Hall–Kier alpha value is -2.28. The fourth-order valence-electron chi connectivity index (χ4n) is 2.87. The molecule has 0 aliphatic carbocycles. The molecule has 1 aromatic carbocycles. The molecule has 1 aliphatic rings. The Morgan fingerprint density at radius 3 is 2.84 bits per heavy atom. The van der Waals surface area contributed by atoms with Crippen molar-refractivity contribution in [3.63, 3.8) is 0 Å². The predicted octanol–water partition coefficient (Wildman–Crippen LogP) is 3.36. The maximum absolute atomic E-state index is 13.0. The Kier molecular flexibility index (Phi) is 5.43. The van der Waals surface area contributed by atoms with E-state index in [0.29, 0.717) is 30.4 Å². The first-order chi connectivity index (χ1) is 12.1. The quantitative estimate of drug-likeness (QED) is 0.783. The Morgan fingerprint density at radius 2 is 2.12 bits per heavy atom. The normalized spacial score (nSPS) is 17.4. The van der Waals surface area contributed by atoms with E-state index in [4.69, 9.17) is 4.74 Å². The highest BCUT2D eigenvalue weighted by atomic mass is 32.1. The van der Waals surface area contributed by atoms with E-state index >= 15 is 0 Å². The van der Waals surface area contributed by atoms with Crippen LogP contribution < -0.4 is 0 Å². The Labute approximate surface area is 149 Å². The summed E-state index contributed by atoms with van der Waals surface area (Å²) in [4.78, 5) is 30.6. The molecule has 25 heavy (non-hydrogen) atoms. The van der Waals surface area contributed by atoms with Crippen LogP contribution in [0.15, 0.2) is 29.6 Å². The summed E-state index contributed by atoms with van der Waals surface area (Å²) in [6, 6.07) is 6.01. The van der Waals surface area contributed by atoms with Gasteiger partial charge < -0.3 is 9.64 Å². The zero-order valence-electron chi connectivity index (χ0n) is 13.9. The lowest BCUT2D eigenvalue weighted by Gasteiger charge is -2.31. The first-order valence-electron chi connectivity index (χ1n) is 8.26. The van der Waals surface area contributed by atoms with Gasteiger partial charge in [-0.25, -0.2) is 9.37 Å². The molecule has 0 radical (unpaired) electrons. The number of hydrogen-bond donors (Lipinski definition) is 0. The van der Waals surface area contributed by atoms with Gasteiger partial charge in [0.15, 0.2) is 0 Å². The number of rotatable bonds is 4. The number of thiazole rings is 1. The smallest absolute Gasteiger partial charge is 0.310 e. The van der Waals surface area contributed by atoms with Crippen LogP contribution >= 0.6 is 11.3 Å². The number of hydrogen-bond acceptors (Lipinski definition) is 5. The third kappa shape index (κ3) is 4.04. The molecule has 0 saturated carbocycles. The summed E-state index contributed by atoms with van der Waals surface area (Å²) < 4.78 is 18.1. The van der Waals surface area contributed by atoms with Crippen LogP contribution in [-0.2, 0) is 9.53 Å². The molecule has 3 rings (SSSR count). The summed E-state index contributed by atoms with van der Waals surface area (Å²) >= 11 is 1.34. The van der Waals surface area contributed by atoms with Gasteiger partial charge in [0.1, 0.15) is 16.5 Å². The van der Waals surface area contributed by atoms with Gasteiger partial charge in [-0.1, -0.05) is 0 Å². The molecule has 0 bridgehead atoms. The number of ether oxygens (including phenoxy) is 1. The minimum absolute atomic E-state index is 0.182. The van der Waals surface area contributed by atoms with Crippen molar-refractivity contribution in [3.8, 4) is 10.6 Å². The van der Waals surface area contributed by atoms with Gasteiger partial charge in [-0.15, -0.1) is 11.3 Å². The number of carbonyl (C=O) groups is 2. The number of halogens is 1. The van der Waals surface area contributed by atoms with Gasteiger partial charge in [0.2, 0.25) is 0 Å². The molecule has 1 aromatic heterocycles. The van der Waals surface area contributed by atoms with Gasteiger partial charge in [0, 0.05) is 24.0 Å². The van der Waals surface area contributed by atoms with Gasteiger partial charge >= 0.3 is 5.97 Å². The highest BCUT2D eigenvalue weighted by Crippen LogP contribution is 2.26. The van der Waals surface area contributed by atoms with Gasteiger partial charge in [0.25, 0.3) is 5.91 Å². The molecule has 1 aliphatic heterocycles. The van der Waals surface area contributed by atoms with E-state index in [1.165, 1.54) is 23.5 Å². The molecule has 1 fully saturated rings. The van der Waals surface area contributed by atoms with E-state index in [1.54, 1.807) is 29.3 Å².